The van der Waals surface area contributed by atoms with Gasteiger partial charge >= 0.3 is 6.03 Å². The van der Waals surface area contributed by atoms with Crippen LogP contribution in [-0.2, 0) is 11.3 Å². The van der Waals surface area contributed by atoms with Crippen LogP contribution in [-0.4, -0.2) is 45.2 Å². The van der Waals surface area contributed by atoms with E-state index in [2.05, 4.69) is 20.7 Å². The largest absolute Gasteiger partial charge is 0.348 e. The third-order valence-electron chi connectivity index (χ3n) is 3.80. The van der Waals surface area contributed by atoms with Gasteiger partial charge in [-0.3, -0.25) is 24.5 Å². The number of hydrogen-bond acceptors (Lipinski definition) is 5. The van der Waals surface area contributed by atoms with Crippen molar-refractivity contribution in [3.63, 3.8) is 0 Å². The minimum absolute atomic E-state index is 0.181. The Morgan fingerprint density at radius 1 is 1.36 bits per heavy atom. The summed E-state index contributed by atoms with van der Waals surface area (Å²) in [6.07, 6.45) is 3.20. The highest BCUT2D eigenvalue weighted by atomic mass is 16.2. The Kier molecular flexibility index (Phi) is 4.73. The van der Waals surface area contributed by atoms with Crippen LogP contribution in [0.25, 0.3) is 0 Å². The van der Waals surface area contributed by atoms with Gasteiger partial charge < -0.3 is 5.32 Å². The molecule has 0 unspecified atom stereocenters. The molecule has 0 radical (unpaired) electrons. The van der Waals surface area contributed by atoms with Crippen LogP contribution in [0, 0.1) is 0 Å². The van der Waals surface area contributed by atoms with Gasteiger partial charge in [0.2, 0.25) is 5.91 Å². The molecule has 1 saturated heterocycles. The molecular formula is C16H18N6O3. The quantitative estimate of drug-likeness (QED) is 0.824. The summed E-state index contributed by atoms with van der Waals surface area (Å²) in [6.45, 7) is 2.57. The second-order valence-corrected chi connectivity index (χ2v) is 5.76. The number of rotatable bonds is 5. The molecule has 0 spiro atoms. The standard InChI is InChI=1S/C16H18N6O3/c1-11(8-21-10-17-9-18-21)19-15(24)12-4-2-3-5-13(12)22-7-6-14(23)20-16(22)25/h2-5,9-11H,6-8H2,1H3,(H,19,24)(H,20,23,25)/t11-/m1/s1. The van der Waals surface area contributed by atoms with Gasteiger partial charge in [-0.05, 0) is 19.1 Å². The zero-order chi connectivity index (χ0) is 17.8. The Labute approximate surface area is 144 Å². The topological polar surface area (TPSA) is 109 Å². The summed E-state index contributed by atoms with van der Waals surface area (Å²) in [5.41, 5.74) is 0.843. The second kappa shape index (κ2) is 7.12. The van der Waals surface area contributed by atoms with Crippen LogP contribution in [0.1, 0.15) is 23.7 Å². The Hall–Kier alpha value is -3.23. The van der Waals surface area contributed by atoms with E-state index < -0.39 is 6.03 Å². The van der Waals surface area contributed by atoms with E-state index in [9.17, 15) is 14.4 Å². The van der Waals surface area contributed by atoms with E-state index in [-0.39, 0.29) is 30.8 Å². The van der Waals surface area contributed by atoms with E-state index in [0.29, 0.717) is 17.8 Å². The van der Waals surface area contributed by atoms with E-state index >= 15 is 0 Å². The predicted molar refractivity (Wildman–Crippen MR) is 88.9 cm³/mol. The maximum Gasteiger partial charge on any atom is 0.328 e. The first kappa shape index (κ1) is 16.6. The van der Waals surface area contributed by atoms with Crippen molar-refractivity contribution in [3.05, 3.63) is 42.5 Å². The molecule has 4 amide bonds. The van der Waals surface area contributed by atoms with Crippen LogP contribution in [0.2, 0.25) is 0 Å². The molecule has 0 aliphatic carbocycles. The number of carbonyl (C=O) groups is 3. The third-order valence-corrected chi connectivity index (χ3v) is 3.80. The molecule has 0 saturated carbocycles. The van der Waals surface area contributed by atoms with E-state index in [1.165, 1.54) is 11.2 Å². The first-order valence-corrected chi connectivity index (χ1v) is 7.88. The van der Waals surface area contributed by atoms with Crippen molar-refractivity contribution in [3.8, 4) is 0 Å². The lowest BCUT2D eigenvalue weighted by molar-refractivity contribution is -0.120. The molecule has 2 heterocycles. The third kappa shape index (κ3) is 3.82. The zero-order valence-electron chi connectivity index (χ0n) is 13.7. The number of amides is 4. The lowest BCUT2D eigenvalue weighted by Gasteiger charge is -2.28. The highest BCUT2D eigenvalue weighted by molar-refractivity contribution is 6.09. The van der Waals surface area contributed by atoms with Crippen LogP contribution in [0.4, 0.5) is 10.5 Å². The van der Waals surface area contributed by atoms with E-state index in [4.69, 9.17) is 0 Å². The van der Waals surface area contributed by atoms with Crippen LogP contribution in [0.5, 0.6) is 0 Å². The minimum atomic E-state index is -0.521. The highest BCUT2D eigenvalue weighted by Gasteiger charge is 2.27. The van der Waals surface area contributed by atoms with Gasteiger partial charge in [-0.15, -0.1) is 0 Å². The van der Waals surface area contributed by atoms with Crippen LogP contribution in [0.3, 0.4) is 0 Å². The first-order valence-electron chi connectivity index (χ1n) is 7.88. The number of para-hydroxylation sites is 1. The molecule has 0 bridgehead atoms. The van der Waals surface area contributed by atoms with Gasteiger partial charge in [0.15, 0.2) is 0 Å². The van der Waals surface area contributed by atoms with Crippen molar-refractivity contribution in [1.82, 2.24) is 25.4 Å². The number of urea groups is 1. The molecule has 1 aliphatic rings. The number of nitrogens with zero attached hydrogens (tertiary/aromatic N) is 4. The van der Waals surface area contributed by atoms with Gasteiger partial charge in [0, 0.05) is 19.0 Å². The molecule has 9 nitrogen and oxygen atoms in total. The SMILES string of the molecule is C[C@H](Cn1cncn1)NC(=O)c1ccccc1N1CCC(=O)NC1=O. The summed E-state index contributed by atoms with van der Waals surface area (Å²) in [5.74, 6) is -0.613. The number of hydrogen-bond donors (Lipinski definition) is 2. The predicted octanol–water partition coefficient (Wildman–Crippen LogP) is 0.543. The monoisotopic (exact) mass is 342 g/mol. The van der Waals surface area contributed by atoms with E-state index in [1.54, 1.807) is 35.3 Å². The number of anilines is 1. The van der Waals surface area contributed by atoms with Crippen LogP contribution < -0.4 is 15.5 Å². The molecule has 1 fully saturated rings. The molecule has 3 rings (SSSR count). The van der Waals surface area contributed by atoms with Crippen molar-refractivity contribution in [2.24, 2.45) is 0 Å². The van der Waals surface area contributed by atoms with Crippen molar-refractivity contribution in [2.75, 3.05) is 11.4 Å². The van der Waals surface area contributed by atoms with Crippen molar-refractivity contribution in [2.45, 2.75) is 25.9 Å². The number of carbonyl (C=O) groups excluding carboxylic acids is 3. The molecule has 130 valence electrons. The Morgan fingerprint density at radius 3 is 2.88 bits per heavy atom. The molecule has 1 atom stereocenters. The summed E-state index contributed by atoms with van der Waals surface area (Å²) >= 11 is 0. The maximum absolute atomic E-state index is 12.6. The maximum atomic E-state index is 12.6. The zero-order valence-corrected chi connectivity index (χ0v) is 13.7. The number of nitrogens with one attached hydrogen (secondary N) is 2. The van der Waals surface area contributed by atoms with Gasteiger partial charge in [0.25, 0.3) is 5.91 Å². The van der Waals surface area contributed by atoms with E-state index in [1.807, 2.05) is 6.92 Å². The molecule has 1 aromatic carbocycles. The summed E-state index contributed by atoms with van der Waals surface area (Å²) < 4.78 is 1.63. The van der Waals surface area contributed by atoms with Gasteiger partial charge in [-0.25, -0.2) is 9.78 Å². The lowest BCUT2D eigenvalue weighted by Crippen LogP contribution is -2.50. The molecule has 9 heteroatoms. The average Bonchev–Trinajstić information content (AvgIpc) is 3.07. The molecule has 1 aromatic heterocycles. The Bertz CT molecular complexity index is 789. The Balaban J connectivity index is 1.74. The fourth-order valence-electron chi connectivity index (χ4n) is 2.65. The highest BCUT2D eigenvalue weighted by Crippen LogP contribution is 2.22. The molecule has 25 heavy (non-hydrogen) atoms. The van der Waals surface area contributed by atoms with Crippen molar-refractivity contribution in [1.29, 1.82) is 0 Å². The fourth-order valence-corrected chi connectivity index (χ4v) is 2.65. The van der Waals surface area contributed by atoms with Crippen molar-refractivity contribution < 1.29 is 14.4 Å². The average molecular weight is 342 g/mol. The van der Waals surface area contributed by atoms with Gasteiger partial charge in [0.05, 0.1) is 17.8 Å². The number of imide groups is 1. The summed E-state index contributed by atoms with van der Waals surface area (Å²) in [5, 5.41) is 9.15. The number of aromatic nitrogens is 3. The van der Waals surface area contributed by atoms with Gasteiger partial charge in [-0.1, -0.05) is 12.1 Å². The normalized spacial score (nSPS) is 15.6. The molecule has 1 aliphatic heterocycles. The minimum Gasteiger partial charge on any atom is -0.348 e. The fraction of sp³-hybridized carbons (Fsp3) is 0.312. The molecule has 2 N–H and O–H groups in total. The Morgan fingerprint density at radius 2 is 2.16 bits per heavy atom. The van der Waals surface area contributed by atoms with Gasteiger partial charge in [-0.2, -0.15) is 5.10 Å². The van der Waals surface area contributed by atoms with Crippen molar-refractivity contribution >= 4 is 23.5 Å². The smallest absolute Gasteiger partial charge is 0.328 e. The van der Waals surface area contributed by atoms with Crippen LogP contribution in [0.15, 0.2) is 36.9 Å². The second-order valence-electron chi connectivity index (χ2n) is 5.76. The molecule has 2 aromatic rings. The summed E-state index contributed by atoms with van der Waals surface area (Å²) in [6, 6.07) is 6.11. The molecular weight excluding hydrogens is 324 g/mol. The van der Waals surface area contributed by atoms with Crippen LogP contribution >= 0.6 is 0 Å². The summed E-state index contributed by atoms with van der Waals surface area (Å²) in [4.78, 5) is 41.3. The van der Waals surface area contributed by atoms with E-state index in [0.717, 1.165) is 0 Å². The lowest BCUT2D eigenvalue weighted by atomic mass is 10.1. The summed E-state index contributed by atoms with van der Waals surface area (Å²) in [7, 11) is 0. The van der Waals surface area contributed by atoms with Gasteiger partial charge in [0.1, 0.15) is 12.7 Å². The number of benzene rings is 1. The first-order chi connectivity index (χ1) is 12.0.